The Morgan fingerprint density at radius 1 is 1.50 bits per heavy atom. The highest BCUT2D eigenvalue weighted by Crippen LogP contribution is 2.40. The van der Waals surface area contributed by atoms with E-state index >= 15 is 0 Å². The van der Waals surface area contributed by atoms with E-state index in [4.69, 9.17) is 17.3 Å². The summed E-state index contributed by atoms with van der Waals surface area (Å²) in [4.78, 5) is 0. The Kier molecular flexibility index (Phi) is 2.52. The van der Waals surface area contributed by atoms with Crippen molar-refractivity contribution in [2.45, 2.75) is 30.9 Å². The van der Waals surface area contributed by atoms with E-state index in [0.29, 0.717) is 11.4 Å². The highest BCUT2D eigenvalue weighted by Gasteiger charge is 2.39. The third-order valence-corrected chi connectivity index (χ3v) is 2.96. The molecule has 2 nitrogen and oxygen atoms in total. The summed E-state index contributed by atoms with van der Waals surface area (Å²) in [5, 5.41) is 10.5. The SMILES string of the molecule is NC1(CC(O)c2cccc(Cl)c2)CC1. The van der Waals surface area contributed by atoms with Crippen LogP contribution in [0.3, 0.4) is 0 Å². The minimum absolute atomic E-state index is 0.123. The molecule has 3 heteroatoms. The maximum absolute atomic E-state index is 9.88. The van der Waals surface area contributed by atoms with Crippen molar-refractivity contribution in [3.63, 3.8) is 0 Å². The molecule has 0 aromatic heterocycles. The van der Waals surface area contributed by atoms with Crippen molar-refractivity contribution in [3.05, 3.63) is 34.9 Å². The zero-order valence-electron chi connectivity index (χ0n) is 7.91. The van der Waals surface area contributed by atoms with E-state index in [9.17, 15) is 5.11 Å². The molecule has 1 unspecified atom stereocenters. The van der Waals surface area contributed by atoms with Gasteiger partial charge in [-0.1, -0.05) is 23.7 Å². The summed E-state index contributed by atoms with van der Waals surface area (Å²) in [5.41, 5.74) is 6.66. The van der Waals surface area contributed by atoms with Gasteiger partial charge in [-0.2, -0.15) is 0 Å². The standard InChI is InChI=1S/C11H14ClNO/c12-9-3-1-2-8(6-9)10(14)7-11(13)4-5-11/h1-3,6,10,14H,4-5,7,13H2. The largest absolute Gasteiger partial charge is 0.388 e. The predicted octanol–water partition coefficient (Wildman–Crippen LogP) is 2.25. The molecule has 0 amide bonds. The summed E-state index contributed by atoms with van der Waals surface area (Å²) in [6.07, 6.45) is 2.18. The minimum atomic E-state index is -0.485. The molecule has 14 heavy (non-hydrogen) atoms. The lowest BCUT2D eigenvalue weighted by Crippen LogP contribution is -2.24. The molecular formula is C11H14ClNO. The third kappa shape index (κ3) is 2.27. The molecule has 0 saturated heterocycles. The summed E-state index contributed by atoms with van der Waals surface area (Å²) in [5.74, 6) is 0. The Bertz CT molecular complexity index is 336. The van der Waals surface area contributed by atoms with E-state index in [0.717, 1.165) is 18.4 Å². The lowest BCUT2D eigenvalue weighted by molar-refractivity contribution is 0.154. The molecule has 2 rings (SSSR count). The molecular weight excluding hydrogens is 198 g/mol. The average Bonchev–Trinajstić information content (AvgIpc) is 2.83. The second-order valence-corrected chi connectivity index (χ2v) is 4.57. The highest BCUT2D eigenvalue weighted by atomic mass is 35.5. The van der Waals surface area contributed by atoms with E-state index in [2.05, 4.69) is 0 Å². The molecule has 1 aromatic carbocycles. The van der Waals surface area contributed by atoms with Crippen LogP contribution < -0.4 is 5.73 Å². The van der Waals surface area contributed by atoms with Crippen molar-refractivity contribution in [2.75, 3.05) is 0 Å². The lowest BCUT2D eigenvalue weighted by Gasteiger charge is -2.15. The number of hydrogen-bond acceptors (Lipinski definition) is 2. The molecule has 1 fully saturated rings. The van der Waals surface area contributed by atoms with Gasteiger partial charge in [-0.15, -0.1) is 0 Å². The van der Waals surface area contributed by atoms with Crippen LogP contribution in [-0.4, -0.2) is 10.6 Å². The van der Waals surface area contributed by atoms with Crippen molar-refractivity contribution in [1.29, 1.82) is 0 Å². The summed E-state index contributed by atoms with van der Waals surface area (Å²) >= 11 is 5.83. The van der Waals surface area contributed by atoms with Crippen LogP contribution in [0, 0.1) is 0 Å². The van der Waals surface area contributed by atoms with Crippen LogP contribution in [0.25, 0.3) is 0 Å². The maximum atomic E-state index is 9.88. The number of aliphatic hydroxyl groups is 1. The predicted molar refractivity (Wildman–Crippen MR) is 57.2 cm³/mol. The topological polar surface area (TPSA) is 46.2 Å². The van der Waals surface area contributed by atoms with Gasteiger partial charge in [0, 0.05) is 10.6 Å². The van der Waals surface area contributed by atoms with Gasteiger partial charge in [0.15, 0.2) is 0 Å². The normalized spacial score (nSPS) is 20.5. The maximum Gasteiger partial charge on any atom is 0.0808 e. The van der Waals surface area contributed by atoms with E-state index in [1.165, 1.54) is 0 Å². The van der Waals surface area contributed by atoms with Crippen LogP contribution >= 0.6 is 11.6 Å². The van der Waals surface area contributed by atoms with Crippen molar-refractivity contribution in [3.8, 4) is 0 Å². The van der Waals surface area contributed by atoms with Gasteiger partial charge in [-0.3, -0.25) is 0 Å². The fraction of sp³-hybridized carbons (Fsp3) is 0.455. The quantitative estimate of drug-likeness (QED) is 0.806. The van der Waals surface area contributed by atoms with Crippen LogP contribution in [0.2, 0.25) is 5.02 Å². The van der Waals surface area contributed by atoms with Crippen molar-refractivity contribution in [2.24, 2.45) is 5.73 Å². The molecule has 0 radical (unpaired) electrons. The number of benzene rings is 1. The van der Waals surface area contributed by atoms with Crippen LogP contribution in [0.15, 0.2) is 24.3 Å². The van der Waals surface area contributed by atoms with Crippen LogP contribution in [0.5, 0.6) is 0 Å². The molecule has 3 N–H and O–H groups in total. The molecule has 76 valence electrons. The average molecular weight is 212 g/mol. The second-order valence-electron chi connectivity index (χ2n) is 4.14. The van der Waals surface area contributed by atoms with Crippen LogP contribution in [0.4, 0.5) is 0 Å². The zero-order valence-corrected chi connectivity index (χ0v) is 8.67. The molecule has 0 bridgehead atoms. The molecule has 1 aliphatic carbocycles. The molecule has 1 atom stereocenters. The summed E-state index contributed by atoms with van der Waals surface area (Å²) in [7, 11) is 0. The van der Waals surface area contributed by atoms with Gasteiger partial charge in [0.2, 0.25) is 0 Å². The first-order chi connectivity index (χ1) is 6.59. The van der Waals surface area contributed by atoms with Crippen molar-refractivity contribution in [1.82, 2.24) is 0 Å². The monoisotopic (exact) mass is 211 g/mol. The number of halogens is 1. The first kappa shape index (κ1) is 9.97. The fourth-order valence-electron chi connectivity index (χ4n) is 1.58. The van der Waals surface area contributed by atoms with E-state index in [-0.39, 0.29) is 5.54 Å². The highest BCUT2D eigenvalue weighted by molar-refractivity contribution is 6.30. The molecule has 1 aliphatic rings. The first-order valence-corrected chi connectivity index (χ1v) is 5.19. The summed E-state index contributed by atoms with van der Waals surface area (Å²) in [6.45, 7) is 0. The fourth-order valence-corrected chi connectivity index (χ4v) is 1.78. The van der Waals surface area contributed by atoms with Gasteiger partial charge in [-0.05, 0) is 37.0 Å². The van der Waals surface area contributed by atoms with Crippen molar-refractivity contribution >= 4 is 11.6 Å². The molecule has 0 heterocycles. The number of rotatable bonds is 3. The van der Waals surface area contributed by atoms with E-state index in [1.807, 2.05) is 12.1 Å². The molecule has 0 aliphatic heterocycles. The Labute approximate surface area is 88.7 Å². The van der Waals surface area contributed by atoms with Gasteiger partial charge < -0.3 is 10.8 Å². The van der Waals surface area contributed by atoms with E-state index < -0.39 is 6.10 Å². The minimum Gasteiger partial charge on any atom is -0.388 e. The number of nitrogens with two attached hydrogens (primary N) is 1. The van der Waals surface area contributed by atoms with Gasteiger partial charge in [-0.25, -0.2) is 0 Å². The van der Waals surface area contributed by atoms with Gasteiger partial charge in [0.25, 0.3) is 0 Å². The number of aliphatic hydroxyl groups excluding tert-OH is 1. The van der Waals surface area contributed by atoms with Gasteiger partial charge >= 0.3 is 0 Å². The Morgan fingerprint density at radius 2 is 2.21 bits per heavy atom. The van der Waals surface area contributed by atoms with Crippen LogP contribution in [0.1, 0.15) is 30.9 Å². The Balaban J connectivity index is 2.06. The van der Waals surface area contributed by atoms with Gasteiger partial charge in [0.1, 0.15) is 0 Å². The Hall–Kier alpha value is -0.570. The third-order valence-electron chi connectivity index (χ3n) is 2.73. The van der Waals surface area contributed by atoms with Crippen molar-refractivity contribution < 1.29 is 5.11 Å². The van der Waals surface area contributed by atoms with E-state index in [1.54, 1.807) is 12.1 Å². The molecule has 1 saturated carbocycles. The zero-order chi connectivity index (χ0) is 10.2. The van der Waals surface area contributed by atoms with Crippen LogP contribution in [-0.2, 0) is 0 Å². The summed E-state index contributed by atoms with van der Waals surface area (Å²) < 4.78 is 0. The van der Waals surface area contributed by atoms with Gasteiger partial charge in [0.05, 0.1) is 6.10 Å². The first-order valence-electron chi connectivity index (χ1n) is 4.81. The number of hydrogen-bond donors (Lipinski definition) is 2. The lowest BCUT2D eigenvalue weighted by atomic mass is 10.0. The Morgan fingerprint density at radius 3 is 2.79 bits per heavy atom. The molecule has 0 spiro atoms. The smallest absolute Gasteiger partial charge is 0.0808 e. The molecule has 1 aromatic rings. The second kappa shape index (κ2) is 3.54. The summed E-state index contributed by atoms with van der Waals surface area (Å²) in [6, 6.07) is 7.31.